The summed E-state index contributed by atoms with van der Waals surface area (Å²) >= 11 is 0. The van der Waals surface area contributed by atoms with Gasteiger partial charge < -0.3 is 9.47 Å². The van der Waals surface area contributed by atoms with Gasteiger partial charge in [-0.1, -0.05) is 48.6 Å². The van der Waals surface area contributed by atoms with E-state index in [0.29, 0.717) is 23.3 Å². The van der Waals surface area contributed by atoms with Crippen molar-refractivity contribution < 1.29 is 40.6 Å². The molecule has 0 unspecified atom stereocenters. The highest BCUT2D eigenvalue weighted by Crippen LogP contribution is 2.36. The number of alkyl halides is 6. The first-order valence-electron chi connectivity index (χ1n) is 9.02. The standard InChI is InChI=1S/C23H18F6O3/c1-31-14-20(21(30)32-2)19-10-6-5-9-16(19)8-4-3-7-15-11-17(22(24,25)26)13-18(12-15)23(27,28)29/h3-14H,1-2H3. The van der Waals surface area contributed by atoms with Crippen molar-refractivity contribution in [2.75, 3.05) is 14.2 Å². The summed E-state index contributed by atoms with van der Waals surface area (Å²) in [7, 11) is 2.56. The Labute approximate surface area is 180 Å². The van der Waals surface area contributed by atoms with Crippen molar-refractivity contribution in [1.29, 1.82) is 0 Å². The quantitative estimate of drug-likeness (QED) is 0.161. The monoisotopic (exact) mass is 456 g/mol. The van der Waals surface area contributed by atoms with Crippen LogP contribution in [0.4, 0.5) is 26.3 Å². The van der Waals surface area contributed by atoms with Crippen LogP contribution in [0, 0.1) is 0 Å². The number of allylic oxidation sites excluding steroid dienone is 2. The molecule has 0 saturated carbocycles. The van der Waals surface area contributed by atoms with E-state index in [2.05, 4.69) is 0 Å². The van der Waals surface area contributed by atoms with Gasteiger partial charge in [0.15, 0.2) is 0 Å². The van der Waals surface area contributed by atoms with Crippen LogP contribution in [0.3, 0.4) is 0 Å². The molecule has 2 aromatic carbocycles. The summed E-state index contributed by atoms with van der Waals surface area (Å²) in [6.07, 6.45) is -3.26. The summed E-state index contributed by atoms with van der Waals surface area (Å²) in [4.78, 5) is 12.0. The molecule has 0 radical (unpaired) electrons. The molecule has 0 N–H and O–H groups in total. The van der Waals surface area contributed by atoms with Crippen LogP contribution in [0.15, 0.2) is 60.9 Å². The van der Waals surface area contributed by atoms with Crippen molar-refractivity contribution in [1.82, 2.24) is 0 Å². The normalized spacial score (nSPS) is 13.1. The lowest BCUT2D eigenvalue weighted by Crippen LogP contribution is -2.11. The van der Waals surface area contributed by atoms with Gasteiger partial charge in [-0.15, -0.1) is 0 Å². The van der Waals surface area contributed by atoms with Crippen molar-refractivity contribution in [2.45, 2.75) is 12.4 Å². The highest BCUT2D eigenvalue weighted by molar-refractivity contribution is 6.17. The summed E-state index contributed by atoms with van der Waals surface area (Å²) in [6.45, 7) is 0. The number of ether oxygens (including phenoxy) is 2. The predicted octanol–water partition coefficient (Wildman–Crippen LogP) is 6.61. The summed E-state index contributed by atoms with van der Waals surface area (Å²) in [5, 5.41) is 0. The van der Waals surface area contributed by atoms with Gasteiger partial charge in [-0.3, -0.25) is 0 Å². The van der Waals surface area contributed by atoms with Gasteiger partial charge in [-0.25, -0.2) is 4.79 Å². The van der Waals surface area contributed by atoms with E-state index in [1.165, 1.54) is 38.7 Å². The number of carbonyl (C=O) groups is 1. The molecule has 0 aromatic heterocycles. The van der Waals surface area contributed by atoms with Gasteiger partial charge in [0.2, 0.25) is 0 Å². The Morgan fingerprint density at radius 1 is 0.844 bits per heavy atom. The zero-order valence-corrected chi connectivity index (χ0v) is 16.9. The Bertz CT molecular complexity index is 1010. The van der Waals surface area contributed by atoms with Gasteiger partial charge in [-0.05, 0) is 34.9 Å². The predicted molar refractivity (Wildman–Crippen MR) is 108 cm³/mol. The summed E-state index contributed by atoms with van der Waals surface area (Å²) in [5.41, 5.74) is -1.91. The third-order valence-corrected chi connectivity index (χ3v) is 4.18. The molecule has 0 spiro atoms. The van der Waals surface area contributed by atoms with E-state index in [1.54, 1.807) is 24.3 Å². The first-order chi connectivity index (χ1) is 15.0. The number of methoxy groups -OCH3 is 2. The third kappa shape index (κ3) is 6.50. The van der Waals surface area contributed by atoms with Crippen LogP contribution in [-0.2, 0) is 26.6 Å². The van der Waals surface area contributed by atoms with Gasteiger partial charge in [0, 0.05) is 0 Å². The number of halogens is 6. The van der Waals surface area contributed by atoms with Crippen LogP contribution in [0.25, 0.3) is 17.7 Å². The molecular formula is C23H18F6O3. The van der Waals surface area contributed by atoms with E-state index in [-0.39, 0.29) is 17.2 Å². The molecule has 9 heteroatoms. The van der Waals surface area contributed by atoms with Gasteiger partial charge in [-0.2, -0.15) is 26.3 Å². The van der Waals surface area contributed by atoms with Gasteiger partial charge in [0.25, 0.3) is 0 Å². The SMILES string of the molecule is COC=C(C(=O)OC)c1ccccc1C=CC=Cc1cc(C(F)(F)F)cc(C(F)(F)F)c1. The summed E-state index contributed by atoms with van der Waals surface area (Å²) in [6, 6.07) is 7.99. The van der Waals surface area contributed by atoms with Crippen LogP contribution in [0.5, 0.6) is 0 Å². The third-order valence-electron chi connectivity index (χ3n) is 4.18. The van der Waals surface area contributed by atoms with E-state index in [9.17, 15) is 31.1 Å². The van der Waals surface area contributed by atoms with Gasteiger partial charge in [0.1, 0.15) is 5.57 Å². The highest BCUT2D eigenvalue weighted by Gasteiger charge is 2.36. The molecular weight excluding hydrogens is 438 g/mol. The molecule has 32 heavy (non-hydrogen) atoms. The maximum atomic E-state index is 13.0. The highest BCUT2D eigenvalue weighted by atomic mass is 19.4. The minimum Gasteiger partial charge on any atom is -0.503 e. The lowest BCUT2D eigenvalue weighted by molar-refractivity contribution is -0.143. The van der Waals surface area contributed by atoms with E-state index in [1.807, 2.05) is 0 Å². The maximum absolute atomic E-state index is 13.0. The van der Waals surface area contributed by atoms with Crippen molar-refractivity contribution in [3.05, 3.63) is 88.7 Å². The molecule has 0 bridgehead atoms. The minimum atomic E-state index is -4.92. The summed E-state index contributed by atoms with van der Waals surface area (Å²) in [5.74, 6) is -0.646. The molecule has 2 aromatic rings. The van der Waals surface area contributed by atoms with Gasteiger partial charge >= 0.3 is 18.3 Å². The molecule has 3 nitrogen and oxygen atoms in total. The first kappa shape index (κ1) is 24.8. The number of esters is 1. The van der Waals surface area contributed by atoms with Crippen molar-refractivity contribution in [3.63, 3.8) is 0 Å². The number of hydrogen-bond donors (Lipinski definition) is 0. The van der Waals surface area contributed by atoms with Crippen LogP contribution in [0.1, 0.15) is 27.8 Å². The number of benzene rings is 2. The minimum absolute atomic E-state index is 0.0693. The fourth-order valence-electron chi connectivity index (χ4n) is 2.74. The molecule has 0 aliphatic carbocycles. The molecule has 170 valence electrons. The fraction of sp³-hybridized carbons (Fsp3) is 0.174. The molecule has 0 aliphatic heterocycles. The zero-order valence-electron chi connectivity index (χ0n) is 16.9. The fourth-order valence-corrected chi connectivity index (χ4v) is 2.74. The Morgan fingerprint density at radius 2 is 1.41 bits per heavy atom. The molecule has 0 saturated heterocycles. The lowest BCUT2D eigenvalue weighted by atomic mass is 10.00. The molecule has 0 fully saturated rings. The second kappa shape index (κ2) is 10.2. The van der Waals surface area contributed by atoms with Gasteiger partial charge in [0.05, 0.1) is 31.6 Å². The van der Waals surface area contributed by atoms with Crippen LogP contribution >= 0.6 is 0 Å². The second-order valence-corrected chi connectivity index (χ2v) is 6.40. The maximum Gasteiger partial charge on any atom is 0.416 e. The van der Waals surface area contributed by atoms with Crippen molar-refractivity contribution in [3.8, 4) is 0 Å². The van der Waals surface area contributed by atoms with Crippen LogP contribution in [0.2, 0.25) is 0 Å². The second-order valence-electron chi connectivity index (χ2n) is 6.40. The van der Waals surface area contributed by atoms with E-state index in [4.69, 9.17) is 9.47 Å². The number of rotatable bonds is 6. The van der Waals surface area contributed by atoms with E-state index < -0.39 is 29.4 Å². The van der Waals surface area contributed by atoms with E-state index in [0.717, 1.165) is 6.08 Å². The molecule has 0 heterocycles. The molecule has 0 aliphatic rings. The Hall–Kier alpha value is -3.49. The number of hydrogen-bond acceptors (Lipinski definition) is 3. The summed E-state index contributed by atoms with van der Waals surface area (Å²) < 4.78 is 87.4. The van der Waals surface area contributed by atoms with Crippen molar-refractivity contribution >= 4 is 23.7 Å². The number of carbonyl (C=O) groups excluding carboxylic acids is 1. The zero-order chi connectivity index (χ0) is 23.9. The van der Waals surface area contributed by atoms with E-state index >= 15 is 0 Å². The Morgan fingerprint density at radius 3 is 1.94 bits per heavy atom. The average molecular weight is 456 g/mol. The topological polar surface area (TPSA) is 35.5 Å². The lowest BCUT2D eigenvalue weighted by Gasteiger charge is -2.12. The smallest absolute Gasteiger partial charge is 0.416 e. The molecule has 0 amide bonds. The Kier molecular flexibility index (Phi) is 7.91. The first-order valence-corrected chi connectivity index (χ1v) is 9.02. The Balaban J connectivity index is 2.38. The van der Waals surface area contributed by atoms with Crippen LogP contribution in [-0.4, -0.2) is 20.2 Å². The largest absolute Gasteiger partial charge is 0.503 e. The molecule has 0 atom stereocenters. The van der Waals surface area contributed by atoms with Crippen LogP contribution < -0.4 is 0 Å². The average Bonchev–Trinajstić information content (AvgIpc) is 2.73. The van der Waals surface area contributed by atoms with Crippen molar-refractivity contribution in [2.24, 2.45) is 0 Å². The molecule has 2 rings (SSSR count).